The summed E-state index contributed by atoms with van der Waals surface area (Å²) in [5.74, 6) is -0.696. The topological polar surface area (TPSA) is 88.5 Å². The fourth-order valence-electron chi connectivity index (χ4n) is 2.67. The predicted molar refractivity (Wildman–Crippen MR) is 82.8 cm³/mol. The Bertz CT molecular complexity index is 659. The Labute approximate surface area is 124 Å². The first kappa shape index (κ1) is 15.5. The van der Waals surface area contributed by atoms with Crippen LogP contribution in [0.5, 0.6) is 0 Å². The molecule has 5 nitrogen and oxygen atoms in total. The van der Waals surface area contributed by atoms with E-state index in [0.29, 0.717) is 25.0 Å². The van der Waals surface area contributed by atoms with E-state index in [4.69, 9.17) is 5.73 Å². The lowest BCUT2D eigenvalue weighted by Gasteiger charge is -2.11. The molecule has 21 heavy (non-hydrogen) atoms. The molecule has 0 spiro atoms. The number of nitrogens with two attached hydrogens (primary N) is 1. The van der Waals surface area contributed by atoms with Crippen molar-refractivity contribution in [2.24, 2.45) is 5.73 Å². The van der Waals surface area contributed by atoms with E-state index in [2.05, 4.69) is 0 Å². The molecule has 0 atom stereocenters. The number of carbonyl (C=O) groups is 1. The van der Waals surface area contributed by atoms with E-state index in [-0.39, 0.29) is 18.1 Å². The first-order valence-electron chi connectivity index (χ1n) is 7.19. The minimum atomic E-state index is -0.945. The zero-order chi connectivity index (χ0) is 15.6. The van der Waals surface area contributed by atoms with Crippen LogP contribution in [-0.2, 0) is 13.0 Å². The van der Waals surface area contributed by atoms with E-state index in [1.807, 2.05) is 30.7 Å². The second kappa shape index (κ2) is 6.28. The zero-order valence-corrected chi connectivity index (χ0v) is 12.5. The van der Waals surface area contributed by atoms with Gasteiger partial charge in [0.15, 0.2) is 0 Å². The maximum Gasteiger partial charge on any atom is 0.337 e. The fraction of sp³-hybridized carbons (Fsp3) is 0.438. The summed E-state index contributed by atoms with van der Waals surface area (Å²) < 4.78 is 1.81. The fourth-order valence-corrected chi connectivity index (χ4v) is 2.67. The third kappa shape index (κ3) is 2.94. The second-order valence-corrected chi connectivity index (χ2v) is 5.53. The number of carboxylic acid groups (broad SMARTS) is 1. The first-order chi connectivity index (χ1) is 9.99. The standard InChI is InChI=1S/C16H22N2O3/c1-10(2)12-7-13-11(3-4-17)9-18(5-6-19)15(13)14(8-12)16(20)21/h7-10,19H,3-6,17H2,1-2H3,(H,20,21). The van der Waals surface area contributed by atoms with Gasteiger partial charge in [-0.25, -0.2) is 4.79 Å². The number of fused-ring (bicyclic) bond motifs is 1. The lowest BCUT2D eigenvalue weighted by atomic mass is 9.96. The molecule has 0 radical (unpaired) electrons. The van der Waals surface area contributed by atoms with Crippen molar-refractivity contribution < 1.29 is 15.0 Å². The quantitative estimate of drug-likeness (QED) is 0.758. The van der Waals surface area contributed by atoms with Crippen LogP contribution >= 0.6 is 0 Å². The molecule has 0 aliphatic carbocycles. The van der Waals surface area contributed by atoms with Gasteiger partial charge in [-0.1, -0.05) is 13.8 Å². The van der Waals surface area contributed by atoms with Gasteiger partial charge in [0.25, 0.3) is 0 Å². The summed E-state index contributed by atoms with van der Waals surface area (Å²) in [5, 5.41) is 19.6. The number of benzene rings is 1. The number of carboxylic acids is 1. The van der Waals surface area contributed by atoms with Crippen LogP contribution in [0.3, 0.4) is 0 Å². The van der Waals surface area contributed by atoms with Crippen molar-refractivity contribution in [1.82, 2.24) is 4.57 Å². The van der Waals surface area contributed by atoms with Gasteiger partial charge >= 0.3 is 5.97 Å². The number of aliphatic hydroxyl groups excluding tert-OH is 1. The monoisotopic (exact) mass is 290 g/mol. The largest absolute Gasteiger partial charge is 0.478 e. The van der Waals surface area contributed by atoms with Crippen LogP contribution in [0, 0.1) is 0 Å². The second-order valence-electron chi connectivity index (χ2n) is 5.53. The van der Waals surface area contributed by atoms with Gasteiger partial charge in [-0.2, -0.15) is 0 Å². The number of hydrogen-bond donors (Lipinski definition) is 3. The predicted octanol–water partition coefficient (Wildman–Crippen LogP) is 1.96. The molecule has 1 aromatic heterocycles. The minimum absolute atomic E-state index is 0.0309. The Kier molecular flexibility index (Phi) is 4.65. The van der Waals surface area contributed by atoms with Gasteiger partial charge < -0.3 is 20.5 Å². The van der Waals surface area contributed by atoms with Crippen LogP contribution in [-0.4, -0.2) is 33.9 Å². The van der Waals surface area contributed by atoms with Crippen molar-refractivity contribution in [2.45, 2.75) is 32.7 Å². The maximum absolute atomic E-state index is 11.6. The molecular formula is C16H22N2O3. The number of nitrogens with zero attached hydrogens (tertiary/aromatic N) is 1. The van der Waals surface area contributed by atoms with Gasteiger partial charge in [0.05, 0.1) is 17.7 Å². The van der Waals surface area contributed by atoms with E-state index >= 15 is 0 Å². The number of aromatic nitrogens is 1. The van der Waals surface area contributed by atoms with Crippen molar-refractivity contribution in [3.05, 3.63) is 35.0 Å². The summed E-state index contributed by atoms with van der Waals surface area (Å²) in [6.45, 7) is 4.94. The number of aromatic carboxylic acids is 1. The third-order valence-electron chi connectivity index (χ3n) is 3.73. The lowest BCUT2D eigenvalue weighted by Crippen LogP contribution is -2.06. The van der Waals surface area contributed by atoms with Gasteiger partial charge in [0.2, 0.25) is 0 Å². The van der Waals surface area contributed by atoms with Crippen molar-refractivity contribution in [2.75, 3.05) is 13.2 Å². The van der Waals surface area contributed by atoms with Crippen LogP contribution in [0.2, 0.25) is 0 Å². The van der Waals surface area contributed by atoms with E-state index in [0.717, 1.165) is 16.5 Å². The third-order valence-corrected chi connectivity index (χ3v) is 3.73. The molecule has 2 rings (SSSR count). The average molecular weight is 290 g/mol. The highest BCUT2D eigenvalue weighted by Gasteiger charge is 2.18. The summed E-state index contributed by atoms with van der Waals surface area (Å²) in [4.78, 5) is 11.6. The smallest absolute Gasteiger partial charge is 0.337 e. The molecule has 0 aliphatic heterocycles. The molecule has 4 N–H and O–H groups in total. The molecule has 0 saturated carbocycles. The molecule has 0 unspecified atom stereocenters. The molecule has 1 aromatic carbocycles. The van der Waals surface area contributed by atoms with Gasteiger partial charge in [-0.15, -0.1) is 0 Å². The average Bonchev–Trinajstić information content (AvgIpc) is 2.77. The Morgan fingerprint density at radius 3 is 2.62 bits per heavy atom. The normalized spacial score (nSPS) is 11.5. The maximum atomic E-state index is 11.6. The number of hydrogen-bond acceptors (Lipinski definition) is 3. The highest BCUT2D eigenvalue weighted by Crippen LogP contribution is 2.30. The molecule has 0 bridgehead atoms. The highest BCUT2D eigenvalue weighted by molar-refractivity contribution is 6.04. The molecule has 2 aromatic rings. The van der Waals surface area contributed by atoms with Crippen molar-refractivity contribution in [3.8, 4) is 0 Å². The van der Waals surface area contributed by atoms with Crippen molar-refractivity contribution in [3.63, 3.8) is 0 Å². The SMILES string of the molecule is CC(C)c1cc(C(=O)O)c2c(c1)c(CCN)cn2CCO. The van der Waals surface area contributed by atoms with Gasteiger partial charge in [0, 0.05) is 18.1 Å². The van der Waals surface area contributed by atoms with Gasteiger partial charge in [-0.05, 0) is 42.1 Å². The molecule has 0 amide bonds. The van der Waals surface area contributed by atoms with E-state index in [9.17, 15) is 15.0 Å². The summed E-state index contributed by atoms with van der Waals surface area (Å²) in [6, 6.07) is 3.78. The summed E-state index contributed by atoms with van der Waals surface area (Å²) in [5.41, 5.74) is 8.64. The Morgan fingerprint density at radius 1 is 1.38 bits per heavy atom. The summed E-state index contributed by atoms with van der Waals surface area (Å²) in [7, 11) is 0. The lowest BCUT2D eigenvalue weighted by molar-refractivity contribution is 0.0698. The van der Waals surface area contributed by atoms with Crippen LogP contribution in [0.15, 0.2) is 18.3 Å². The van der Waals surface area contributed by atoms with E-state index < -0.39 is 5.97 Å². The van der Waals surface area contributed by atoms with E-state index in [1.165, 1.54) is 0 Å². The van der Waals surface area contributed by atoms with Crippen LogP contribution in [0.25, 0.3) is 10.9 Å². The van der Waals surface area contributed by atoms with Crippen molar-refractivity contribution >= 4 is 16.9 Å². The zero-order valence-electron chi connectivity index (χ0n) is 12.5. The summed E-state index contributed by atoms with van der Waals surface area (Å²) >= 11 is 0. The van der Waals surface area contributed by atoms with E-state index in [1.54, 1.807) is 6.07 Å². The molecule has 1 heterocycles. The van der Waals surface area contributed by atoms with Gasteiger partial charge in [-0.3, -0.25) is 0 Å². The number of aliphatic hydroxyl groups is 1. The molecule has 114 valence electrons. The van der Waals surface area contributed by atoms with Crippen LogP contribution in [0.1, 0.15) is 41.3 Å². The molecule has 0 aliphatic rings. The van der Waals surface area contributed by atoms with Gasteiger partial charge in [0.1, 0.15) is 0 Å². The highest BCUT2D eigenvalue weighted by atomic mass is 16.4. The molecule has 0 fully saturated rings. The Hall–Kier alpha value is -1.85. The van der Waals surface area contributed by atoms with Crippen molar-refractivity contribution in [1.29, 1.82) is 0 Å². The minimum Gasteiger partial charge on any atom is -0.478 e. The Morgan fingerprint density at radius 2 is 2.10 bits per heavy atom. The van der Waals surface area contributed by atoms with Crippen LogP contribution in [0.4, 0.5) is 0 Å². The molecule has 5 heteroatoms. The number of rotatable bonds is 6. The first-order valence-corrected chi connectivity index (χ1v) is 7.19. The Balaban J connectivity index is 2.79. The van der Waals surface area contributed by atoms with Crippen LogP contribution < -0.4 is 5.73 Å². The molecular weight excluding hydrogens is 268 g/mol. The summed E-state index contributed by atoms with van der Waals surface area (Å²) in [6.07, 6.45) is 2.60. The molecule has 0 saturated heterocycles.